The molecule has 4 heterocycles. The Morgan fingerprint density at radius 3 is 2.82 bits per heavy atom. The van der Waals surface area contributed by atoms with E-state index in [9.17, 15) is 8.78 Å². The molecule has 2 aromatic rings. The summed E-state index contributed by atoms with van der Waals surface area (Å²) in [6, 6.07) is 0. The monoisotopic (exact) mass is 439 g/mol. The molecule has 9 nitrogen and oxygen atoms in total. The second kappa shape index (κ2) is 6.85. The molecule has 2 N–H and O–H groups in total. The van der Waals surface area contributed by atoms with Gasteiger partial charge in [0, 0.05) is 0 Å². The van der Waals surface area contributed by atoms with Crippen LogP contribution in [-0.2, 0) is 30.1 Å². The highest BCUT2D eigenvalue weighted by Crippen LogP contribution is 2.62. The van der Waals surface area contributed by atoms with Crippen molar-refractivity contribution in [1.29, 1.82) is 0 Å². The number of hydrogen-bond acceptors (Lipinski definition) is 9. The molecule has 2 fully saturated rings. The van der Waals surface area contributed by atoms with Crippen LogP contribution < -0.4 is 5.73 Å². The van der Waals surface area contributed by atoms with E-state index in [1.165, 1.54) is 10.9 Å². The summed E-state index contributed by atoms with van der Waals surface area (Å²) in [5, 5.41) is 0. The molecule has 0 saturated carbocycles. The van der Waals surface area contributed by atoms with Gasteiger partial charge in [-0.25, -0.2) is 28.1 Å². The number of nitrogens with zero attached hydrogens (tertiary/aromatic N) is 4. The van der Waals surface area contributed by atoms with Gasteiger partial charge >= 0.3 is 6.72 Å². The average molecular weight is 439 g/mol. The zero-order chi connectivity index (χ0) is 20.3. The van der Waals surface area contributed by atoms with Gasteiger partial charge < -0.3 is 19.5 Å². The van der Waals surface area contributed by atoms with E-state index in [4.69, 9.17) is 35.8 Å². The number of hydrogen-bond donors (Lipinski definition) is 1. The molecule has 2 aliphatic rings. The highest BCUT2D eigenvalue weighted by Gasteiger charge is 2.67. The van der Waals surface area contributed by atoms with Crippen LogP contribution in [0.4, 0.5) is 19.0 Å². The van der Waals surface area contributed by atoms with Crippen LogP contribution in [0.1, 0.15) is 20.1 Å². The van der Waals surface area contributed by atoms with Crippen molar-refractivity contribution in [2.75, 3.05) is 12.3 Å². The highest BCUT2D eigenvalue weighted by atomic mass is 32.5. The molecule has 4 rings (SSSR count). The van der Waals surface area contributed by atoms with E-state index < -0.39 is 50.0 Å². The zero-order valence-electron chi connectivity index (χ0n) is 14.7. The largest absolute Gasteiger partial charge is 0.382 e. The first-order valence-electron chi connectivity index (χ1n) is 8.31. The molecular formula is C14H17F3N5O4PS. The van der Waals surface area contributed by atoms with Crippen molar-refractivity contribution in [3.8, 4) is 0 Å². The highest BCUT2D eigenvalue weighted by molar-refractivity contribution is 8.07. The Kier molecular flexibility index (Phi) is 4.88. The van der Waals surface area contributed by atoms with Crippen LogP contribution >= 0.6 is 6.72 Å². The quantitative estimate of drug-likeness (QED) is 0.719. The van der Waals surface area contributed by atoms with Crippen molar-refractivity contribution in [1.82, 2.24) is 19.5 Å². The first-order chi connectivity index (χ1) is 13.2. The molecule has 1 unspecified atom stereocenters. The Morgan fingerprint density at radius 1 is 1.39 bits per heavy atom. The average Bonchev–Trinajstić information content (AvgIpc) is 3.15. The van der Waals surface area contributed by atoms with Crippen LogP contribution in [-0.4, -0.2) is 56.5 Å². The van der Waals surface area contributed by atoms with E-state index in [0.29, 0.717) is 0 Å². The van der Waals surface area contributed by atoms with Gasteiger partial charge in [0.1, 0.15) is 17.9 Å². The molecule has 2 saturated heterocycles. The third-order valence-electron chi connectivity index (χ3n) is 4.44. The van der Waals surface area contributed by atoms with Gasteiger partial charge in [0.15, 0.2) is 29.5 Å². The third-order valence-corrected chi connectivity index (χ3v) is 6.89. The standard InChI is InChI=1S/C14H17F3N5O4PS/c1-6(2)25-27(28)23-3-14(13(16)17)9(26-27)7(15)12(24-14)22-5-21-8-10(18)19-4-20-11(8)22/h4-7,9,12-13H,3H2,1-2H3,(H2,18,19,20)/t7-,9-,12+,14+,27?/m0/s1. The lowest BCUT2D eigenvalue weighted by atomic mass is 9.97. The summed E-state index contributed by atoms with van der Waals surface area (Å²) >= 11 is 5.20. The zero-order valence-corrected chi connectivity index (χ0v) is 16.4. The van der Waals surface area contributed by atoms with Gasteiger partial charge in [-0.2, -0.15) is 0 Å². The molecule has 0 bridgehead atoms. The van der Waals surface area contributed by atoms with Gasteiger partial charge in [-0.05, 0) is 25.7 Å². The summed E-state index contributed by atoms with van der Waals surface area (Å²) in [6.45, 7) is -0.718. The number of nitrogen functional groups attached to an aromatic ring is 1. The molecule has 5 atom stereocenters. The van der Waals surface area contributed by atoms with Gasteiger partial charge in [0.25, 0.3) is 6.43 Å². The van der Waals surface area contributed by atoms with Crippen molar-refractivity contribution in [2.45, 2.75) is 50.5 Å². The van der Waals surface area contributed by atoms with Crippen molar-refractivity contribution in [2.24, 2.45) is 0 Å². The third kappa shape index (κ3) is 3.01. The second-order valence-corrected chi connectivity index (χ2v) is 9.61. The molecule has 0 aliphatic carbocycles. The molecule has 0 radical (unpaired) electrons. The Hall–Kier alpha value is -1.37. The molecule has 0 aromatic carbocycles. The number of ether oxygens (including phenoxy) is 1. The van der Waals surface area contributed by atoms with E-state index in [-0.39, 0.29) is 17.0 Å². The number of nitrogens with two attached hydrogens (primary N) is 1. The molecule has 154 valence electrons. The van der Waals surface area contributed by atoms with Crippen LogP contribution in [0.25, 0.3) is 11.2 Å². The van der Waals surface area contributed by atoms with Gasteiger partial charge in [-0.15, -0.1) is 0 Å². The van der Waals surface area contributed by atoms with Crippen LogP contribution in [0.2, 0.25) is 0 Å². The van der Waals surface area contributed by atoms with Crippen molar-refractivity contribution < 1.29 is 31.5 Å². The summed E-state index contributed by atoms with van der Waals surface area (Å²) < 4.78 is 66.1. The lowest BCUT2D eigenvalue weighted by Crippen LogP contribution is -2.55. The van der Waals surface area contributed by atoms with Crippen LogP contribution in [0.5, 0.6) is 0 Å². The number of rotatable bonds is 4. The van der Waals surface area contributed by atoms with E-state index >= 15 is 4.39 Å². The van der Waals surface area contributed by atoms with Crippen LogP contribution in [0, 0.1) is 0 Å². The minimum absolute atomic E-state index is 0.0681. The number of halogens is 3. The fourth-order valence-corrected chi connectivity index (χ4v) is 5.78. The Morgan fingerprint density at radius 2 is 2.14 bits per heavy atom. The topological polar surface area (TPSA) is 107 Å². The van der Waals surface area contributed by atoms with E-state index in [0.717, 1.165) is 6.33 Å². The first-order valence-corrected chi connectivity index (χ1v) is 10.9. The second-order valence-electron chi connectivity index (χ2n) is 6.69. The van der Waals surface area contributed by atoms with E-state index in [2.05, 4.69) is 15.0 Å². The summed E-state index contributed by atoms with van der Waals surface area (Å²) in [5.41, 5.74) is 3.72. The number of fused-ring (bicyclic) bond motifs is 2. The Labute approximate surface area is 162 Å². The van der Waals surface area contributed by atoms with Gasteiger partial charge in [0.05, 0.1) is 19.0 Å². The normalized spacial score (nSPS) is 35.8. The molecule has 28 heavy (non-hydrogen) atoms. The molecule has 14 heteroatoms. The smallest absolute Gasteiger partial charge is 0.328 e. The van der Waals surface area contributed by atoms with Gasteiger partial charge in [0.2, 0.25) is 0 Å². The fraction of sp³-hybridized carbons (Fsp3) is 0.643. The van der Waals surface area contributed by atoms with Crippen LogP contribution in [0.3, 0.4) is 0 Å². The summed E-state index contributed by atoms with van der Waals surface area (Å²) in [4.78, 5) is 11.8. The predicted octanol–water partition coefficient (Wildman–Crippen LogP) is 2.34. The molecule has 2 aliphatic heterocycles. The summed E-state index contributed by atoms with van der Waals surface area (Å²) in [6.07, 6.45) is -6.33. The summed E-state index contributed by atoms with van der Waals surface area (Å²) in [7, 11) is 0. The van der Waals surface area contributed by atoms with Crippen molar-refractivity contribution in [3.63, 3.8) is 0 Å². The fourth-order valence-electron chi connectivity index (χ4n) is 3.21. The number of imidazole rings is 1. The Balaban J connectivity index is 1.73. The SMILES string of the molecule is CC(C)OP1(=S)OC[C@@]2(C(F)F)O[C@@H](n3cnc4c(N)ncnc43)[C@@H](F)[C@@H]2O1. The van der Waals surface area contributed by atoms with Gasteiger partial charge in [-0.3, -0.25) is 9.09 Å². The number of aromatic nitrogens is 4. The van der Waals surface area contributed by atoms with E-state index in [1.807, 2.05) is 0 Å². The van der Waals surface area contributed by atoms with E-state index in [1.54, 1.807) is 13.8 Å². The van der Waals surface area contributed by atoms with Crippen molar-refractivity contribution >= 4 is 35.5 Å². The minimum atomic E-state index is -3.41. The maximum absolute atomic E-state index is 15.4. The molecule has 0 spiro atoms. The summed E-state index contributed by atoms with van der Waals surface area (Å²) in [5.74, 6) is 0.0681. The van der Waals surface area contributed by atoms with Crippen LogP contribution in [0.15, 0.2) is 12.7 Å². The maximum Gasteiger partial charge on any atom is 0.328 e. The number of anilines is 1. The first kappa shape index (κ1) is 19.9. The van der Waals surface area contributed by atoms with Crippen molar-refractivity contribution in [3.05, 3.63) is 12.7 Å². The predicted molar refractivity (Wildman–Crippen MR) is 94.8 cm³/mol. The molecule has 0 amide bonds. The number of alkyl halides is 3. The Bertz CT molecular complexity index is 949. The lowest BCUT2D eigenvalue weighted by molar-refractivity contribution is -0.204. The molecular weight excluding hydrogens is 422 g/mol. The molecule has 2 aromatic heterocycles. The maximum atomic E-state index is 15.4. The van der Waals surface area contributed by atoms with Gasteiger partial charge in [-0.1, -0.05) is 0 Å². The lowest BCUT2D eigenvalue weighted by Gasteiger charge is -2.41. The minimum Gasteiger partial charge on any atom is -0.382 e.